The highest BCUT2D eigenvalue weighted by atomic mass is 14.7. The second-order valence-corrected chi connectivity index (χ2v) is 5.36. The first-order valence-electron chi connectivity index (χ1n) is 7.17. The van der Waals surface area contributed by atoms with E-state index in [0.29, 0.717) is 0 Å². The largest absolute Gasteiger partial charge is 0.248 e. The van der Waals surface area contributed by atoms with Crippen LogP contribution in [0.1, 0.15) is 5.56 Å². The van der Waals surface area contributed by atoms with Gasteiger partial charge >= 0.3 is 0 Å². The van der Waals surface area contributed by atoms with E-state index < -0.39 is 0 Å². The van der Waals surface area contributed by atoms with E-state index in [9.17, 15) is 0 Å². The summed E-state index contributed by atoms with van der Waals surface area (Å²) in [6.45, 7) is 2.13. The zero-order valence-electron chi connectivity index (χ0n) is 11.9. The Morgan fingerprint density at radius 2 is 1.48 bits per heavy atom. The van der Waals surface area contributed by atoms with Crippen molar-refractivity contribution in [3.05, 3.63) is 78.4 Å². The number of benzene rings is 3. The summed E-state index contributed by atoms with van der Waals surface area (Å²) in [7, 11) is 0. The lowest BCUT2D eigenvalue weighted by atomic mass is 10.0. The van der Waals surface area contributed by atoms with Gasteiger partial charge in [0.1, 0.15) is 0 Å². The molecule has 0 unspecified atom stereocenters. The molecule has 0 atom stereocenters. The van der Waals surface area contributed by atoms with Gasteiger partial charge in [-0.2, -0.15) is 0 Å². The summed E-state index contributed by atoms with van der Waals surface area (Å²) >= 11 is 0. The Morgan fingerprint density at radius 1 is 0.667 bits per heavy atom. The van der Waals surface area contributed by atoms with Gasteiger partial charge in [0, 0.05) is 10.9 Å². The maximum Gasteiger partial charge on any atom is 0.0715 e. The summed E-state index contributed by atoms with van der Waals surface area (Å²) in [6.07, 6.45) is 0. The fourth-order valence-corrected chi connectivity index (χ4v) is 2.90. The van der Waals surface area contributed by atoms with E-state index in [1.165, 1.54) is 27.3 Å². The average molecular weight is 269 g/mol. The second kappa shape index (κ2) is 4.71. The molecule has 0 bridgehead atoms. The van der Waals surface area contributed by atoms with Gasteiger partial charge in [-0.05, 0) is 35.4 Å². The Balaban J connectivity index is 1.99. The molecule has 100 valence electrons. The smallest absolute Gasteiger partial charge is 0.0715 e. The SMILES string of the molecule is Cc1ccccc1-c1ccc2c(ccc3ccccc32)n1. The van der Waals surface area contributed by atoms with Crippen molar-refractivity contribution in [2.24, 2.45) is 0 Å². The number of nitrogens with zero attached hydrogens (tertiary/aromatic N) is 1. The van der Waals surface area contributed by atoms with Crippen molar-refractivity contribution in [2.45, 2.75) is 6.92 Å². The Morgan fingerprint density at radius 3 is 2.38 bits per heavy atom. The van der Waals surface area contributed by atoms with Crippen LogP contribution >= 0.6 is 0 Å². The van der Waals surface area contributed by atoms with Crippen molar-refractivity contribution in [1.29, 1.82) is 0 Å². The number of hydrogen-bond acceptors (Lipinski definition) is 1. The lowest BCUT2D eigenvalue weighted by Gasteiger charge is -2.08. The van der Waals surface area contributed by atoms with E-state index in [1.807, 2.05) is 0 Å². The number of aryl methyl sites for hydroxylation is 1. The van der Waals surface area contributed by atoms with E-state index >= 15 is 0 Å². The van der Waals surface area contributed by atoms with Crippen LogP contribution in [-0.4, -0.2) is 4.98 Å². The lowest BCUT2D eigenvalue weighted by Crippen LogP contribution is -1.88. The summed E-state index contributed by atoms with van der Waals surface area (Å²) in [5, 5.41) is 3.74. The minimum absolute atomic E-state index is 1.04. The van der Waals surface area contributed by atoms with Gasteiger partial charge in [-0.25, -0.2) is 4.98 Å². The zero-order valence-corrected chi connectivity index (χ0v) is 11.9. The molecule has 0 radical (unpaired) electrons. The van der Waals surface area contributed by atoms with Crippen LogP contribution in [0.3, 0.4) is 0 Å². The van der Waals surface area contributed by atoms with E-state index in [2.05, 4.69) is 79.7 Å². The maximum atomic E-state index is 4.86. The van der Waals surface area contributed by atoms with Gasteiger partial charge in [-0.3, -0.25) is 0 Å². The highest BCUT2D eigenvalue weighted by Gasteiger charge is 2.06. The minimum atomic E-state index is 1.04. The number of aromatic nitrogens is 1. The van der Waals surface area contributed by atoms with E-state index in [4.69, 9.17) is 4.98 Å². The van der Waals surface area contributed by atoms with E-state index in [1.54, 1.807) is 0 Å². The monoisotopic (exact) mass is 269 g/mol. The summed E-state index contributed by atoms with van der Waals surface area (Å²) in [4.78, 5) is 4.86. The van der Waals surface area contributed by atoms with Gasteiger partial charge in [0.25, 0.3) is 0 Å². The Bertz CT molecular complexity index is 954. The summed E-state index contributed by atoms with van der Waals surface area (Å²) < 4.78 is 0. The van der Waals surface area contributed by atoms with Crippen LogP contribution < -0.4 is 0 Å². The van der Waals surface area contributed by atoms with Gasteiger partial charge < -0.3 is 0 Å². The number of fused-ring (bicyclic) bond motifs is 3. The van der Waals surface area contributed by atoms with Gasteiger partial charge in [0.15, 0.2) is 0 Å². The molecular formula is C20H15N. The van der Waals surface area contributed by atoms with Crippen LogP contribution in [-0.2, 0) is 0 Å². The Hall–Kier alpha value is -2.67. The highest BCUT2D eigenvalue weighted by Crippen LogP contribution is 2.28. The summed E-state index contributed by atoms with van der Waals surface area (Å²) in [5.74, 6) is 0. The maximum absolute atomic E-state index is 4.86. The van der Waals surface area contributed by atoms with Gasteiger partial charge in [0.05, 0.1) is 11.2 Å². The predicted molar refractivity (Wildman–Crippen MR) is 89.4 cm³/mol. The van der Waals surface area contributed by atoms with E-state index in [-0.39, 0.29) is 0 Å². The molecule has 1 heterocycles. The molecule has 4 aromatic rings. The van der Waals surface area contributed by atoms with Crippen LogP contribution in [0, 0.1) is 6.92 Å². The molecule has 0 aliphatic rings. The number of hydrogen-bond donors (Lipinski definition) is 0. The first kappa shape index (κ1) is 12.1. The molecule has 21 heavy (non-hydrogen) atoms. The summed E-state index contributed by atoms with van der Waals surface area (Å²) in [5.41, 5.74) is 4.54. The Labute approximate surface area is 123 Å². The van der Waals surface area contributed by atoms with Crippen LogP contribution in [0.2, 0.25) is 0 Å². The molecule has 0 saturated carbocycles. The topological polar surface area (TPSA) is 12.9 Å². The third-order valence-electron chi connectivity index (χ3n) is 4.02. The highest BCUT2D eigenvalue weighted by molar-refractivity contribution is 6.06. The second-order valence-electron chi connectivity index (χ2n) is 5.36. The van der Waals surface area contributed by atoms with Crippen molar-refractivity contribution in [3.63, 3.8) is 0 Å². The van der Waals surface area contributed by atoms with Crippen molar-refractivity contribution < 1.29 is 0 Å². The third kappa shape index (κ3) is 1.98. The molecule has 4 rings (SSSR count). The molecule has 0 aliphatic carbocycles. The van der Waals surface area contributed by atoms with Gasteiger partial charge in [-0.15, -0.1) is 0 Å². The molecule has 0 amide bonds. The molecule has 0 fully saturated rings. The van der Waals surface area contributed by atoms with Gasteiger partial charge in [0.2, 0.25) is 0 Å². The van der Waals surface area contributed by atoms with Crippen LogP contribution in [0.15, 0.2) is 72.8 Å². The van der Waals surface area contributed by atoms with Crippen molar-refractivity contribution >= 4 is 21.7 Å². The molecule has 1 nitrogen and oxygen atoms in total. The fourth-order valence-electron chi connectivity index (χ4n) is 2.90. The standard InChI is InChI=1S/C20H15N/c1-14-6-2-4-8-16(14)19-13-11-18-17-9-5-3-7-15(17)10-12-20(18)21-19/h2-13H,1H3. The molecule has 0 N–H and O–H groups in total. The van der Waals surface area contributed by atoms with Crippen LogP contribution in [0.4, 0.5) is 0 Å². The van der Waals surface area contributed by atoms with Crippen molar-refractivity contribution in [1.82, 2.24) is 4.98 Å². The zero-order chi connectivity index (χ0) is 14.2. The molecule has 0 saturated heterocycles. The first-order chi connectivity index (χ1) is 10.3. The Kier molecular flexibility index (Phi) is 2.71. The van der Waals surface area contributed by atoms with Crippen molar-refractivity contribution in [3.8, 4) is 11.3 Å². The van der Waals surface area contributed by atoms with Crippen LogP contribution in [0.5, 0.6) is 0 Å². The summed E-state index contributed by atoms with van der Waals surface area (Å²) in [6, 6.07) is 25.4. The number of rotatable bonds is 1. The van der Waals surface area contributed by atoms with Crippen molar-refractivity contribution in [2.75, 3.05) is 0 Å². The minimum Gasteiger partial charge on any atom is -0.248 e. The predicted octanol–water partition coefficient (Wildman–Crippen LogP) is 5.36. The normalized spacial score (nSPS) is 11.1. The third-order valence-corrected chi connectivity index (χ3v) is 4.02. The fraction of sp³-hybridized carbons (Fsp3) is 0.0500. The average Bonchev–Trinajstić information content (AvgIpc) is 2.54. The van der Waals surface area contributed by atoms with E-state index in [0.717, 1.165) is 11.2 Å². The quantitative estimate of drug-likeness (QED) is 0.424. The molecule has 0 aliphatic heterocycles. The molecular weight excluding hydrogens is 254 g/mol. The molecule has 1 aromatic heterocycles. The van der Waals surface area contributed by atoms with Crippen LogP contribution in [0.25, 0.3) is 32.9 Å². The molecule has 3 aromatic carbocycles. The molecule has 0 spiro atoms. The molecule has 1 heteroatoms. The number of pyridine rings is 1. The lowest BCUT2D eigenvalue weighted by molar-refractivity contribution is 1.36. The van der Waals surface area contributed by atoms with Gasteiger partial charge in [-0.1, -0.05) is 60.7 Å². The first-order valence-corrected chi connectivity index (χ1v) is 7.17.